The summed E-state index contributed by atoms with van der Waals surface area (Å²) < 4.78 is 4.90. The van der Waals surface area contributed by atoms with Crippen LogP contribution in [0.2, 0.25) is 6.04 Å². The summed E-state index contributed by atoms with van der Waals surface area (Å²) in [6, 6.07) is -1.79. The van der Waals surface area contributed by atoms with Gasteiger partial charge in [-0.3, -0.25) is 0 Å². The Bertz CT molecular complexity index is 214. The van der Waals surface area contributed by atoms with Gasteiger partial charge in [0.05, 0.1) is 6.61 Å². The van der Waals surface area contributed by atoms with Gasteiger partial charge < -0.3 is 4.74 Å². The van der Waals surface area contributed by atoms with E-state index in [0.29, 0.717) is 12.7 Å². The molecule has 0 heterocycles. The van der Waals surface area contributed by atoms with Crippen LogP contribution >= 0.6 is 33.2 Å². The molecule has 0 fully saturated rings. The van der Waals surface area contributed by atoms with Crippen LogP contribution in [0, 0.1) is 0 Å². The lowest BCUT2D eigenvalue weighted by Gasteiger charge is -2.06. The van der Waals surface area contributed by atoms with E-state index in [4.69, 9.17) is 38.0 Å². The van der Waals surface area contributed by atoms with Gasteiger partial charge in [-0.25, -0.2) is 4.79 Å². The largest absolute Gasteiger partial charge is 0.463 e. The Labute approximate surface area is 106 Å². The number of halogens is 3. The molecule has 0 aromatic rings. The van der Waals surface area contributed by atoms with E-state index in [1.54, 1.807) is 13.0 Å². The predicted octanol–water partition coefficient (Wildman–Crippen LogP) is 3.93. The van der Waals surface area contributed by atoms with E-state index in [9.17, 15) is 4.79 Å². The van der Waals surface area contributed by atoms with Crippen molar-refractivity contribution in [2.45, 2.75) is 32.2 Å². The summed E-state index contributed by atoms with van der Waals surface area (Å²) in [7, 11) is 0. The molecule has 0 saturated heterocycles. The fourth-order valence-corrected chi connectivity index (χ4v) is 2.81. The zero-order chi connectivity index (χ0) is 11.7. The summed E-state index contributed by atoms with van der Waals surface area (Å²) in [6.07, 6.45) is 5.66. The Morgan fingerprint density at radius 1 is 1.27 bits per heavy atom. The van der Waals surface area contributed by atoms with Gasteiger partial charge in [-0.05, 0) is 19.4 Å². The molecule has 0 aliphatic rings. The molecule has 0 rings (SSSR count). The minimum Gasteiger partial charge on any atom is -0.463 e. The number of carbonyl (C=O) groups excluding carboxylic acids is 1. The Morgan fingerprint density at radius 2 is 1.93 bits per heavy atom. The van der Waals surface area contributed by atoms with Gasteiger partial charge in [-0.2, -0.15) is 0 Å². The van der Waals surface area contributed by atoms with Crippen LogP contribution < -0.4 is 0 Å². The number of rotatable bonds is 7. The van der Waals surface area contributed by atoms with Gasteiger partial charge in [-0.15, -0.1) is 33.2 Å². The molecule has 0 unspecified atom stereocenters. The number of allylic oxidation sites excluding steroid dienone is 1. The standard InChI is InChI=1S/C9H15Cl3O2Si/c1-2-6-9(13)14-7-4-3-5-8-15(10,11)12/h2,6H,3-5,7-8H2,1H3. The molecule has 0 aromatic heterocycles. The van der Waals surface area contributed by atoms with Crippen LogP contribution in [-0.2, 0) is 9.53 Å². The van der Waals surface area contributed by atoms with Crippen LogP contribution in [0.1, 0.15) is 26.2 Å². The second-order valence-electron chi connectivity index (χ2n) is 3.09. The summed E-state index contributed by atoms with van der Waals surface area (Å²) in [5, 5.41) is 0. The molecule has 0 atom stereocenters. The van der Waals surface area contributed by atoms with Crippen LogP contribution in [-0.4, -0.2) is 18.6 Å². The second-order valence-corrected chi connectivity index (χ2v) is 12.4. The molecule has 0 saturated carbocycles. The topological polar surface area (TPSA) is 26.3 Å². The van der Waals surface area contributed by atoms with Crippen LogP contribution in [0.3, 0.4) is 0 Å². The van der Waals surface area contributed by atoms with E-state index in [1.165, 1.54) is 6.08 Å². The molecular weight excluding hydrogens is 275 g/mol. The molecule has 0 N–H and O–H groups in total. The first kappa shape index (κ1) is 15.3. The number of hydrogen-bond acceptors (Lipinski definition) is 2. The molecule has 0 aliphatic heterocycles. The first-order valence-electron chi connectivity index (χ1n) is 4.82. The van der Waals surface area contributed by atoms with Gasteiger partial charge in [0, 0.05) is 6.08 Å². The molecular formula is C9H15Cl3O2Si. The SMILES string of the molecule is CC=CC(=O)OCCCCC[Si](Cl)(Cl)Cl. The summed E-state index contributed by atoms with van der Waals surface area (Å²) in [4.78, 5) is 10.9. The lowest BCUT2D eigenvalue weighted by Crippen LogP contribution is -2.08. The van der Waals surface area contributed by atoms with Crippen molar-refractivity contribution in [2.75, 3.05) is 6.61 Å². The zero-order valence-corrected chi connectivity index (χ0v) is 11.9. The lowest BCUT2D eigenvalue weighted by molar-refractivity contribution is -0.137. The van der Waals surface area contributed by atoms with Crippen LogP contribution in [0.5, 0.6) is 0 Å². The average Bonchev–Trinajstić information content (AvgIpc) is 2.09. The van der Waals surface area contributed by atoms with Crippen LogP contribution in [0.15, 0.2) is 12.2 Å². The number of hydrogen-bond donors (Lipinski definition) is 0. The number of ether oxygens (including phenoxy) is 1. The van der Waals surface area contributed by atoms with E-state index in [0.717, 1.165) is 19.3 Å². The highest BCUT2D eigenvalue weighted by Crippen LogP contribution is 2.27. The zero-order valence-electron chi connectivity index (χ0n) is 8.64. The molecule has 0 amide bonds. The predicted molar refractivity (Wildman–Crippen MR) is 67.7 cm³/mol. The molecule has 88 valence electrons. The highest BCUT2D eigenvalue weighted by atomic mass is 35.8. The third-order valence-corrected chi connectivity index (χ3v) is 4.27. The van der Waals surface area contributed by atoms with Crippen molar-refractivity contribution >= 4 is 45.2 Å². The quantitative estimate of drug-likeness (QED) is 0.233. The third kappa shape index (κ3) is 12.2. The minimum absolute atomic E-state index is 0.298. The number of carbonyl (C=O) groups is 1. The molecule has 0 aromatic carbocycles. The Balaban J connectivity index is 3.29. The molecule has 0 aliphatic carbocycles. The Hall–Kier alpha value is 0.297. The molecule has 6 heteroatoms. The van der Waals surface area contributed by atoms with Crippen LogP contribution in [0.25, 0.3) is 0 Å². The molecule has 0 radical (unpaired) electrons. The maximum absolute atomic E-state index is 10.9. The van der Waals surface area contributed by atoms with Crippen molar-refractivity contribution in [2.24, 2.45) is 0 Å². The van der Waals surface area contributed by atoms with Gasteiger partial charge in [0.15, 0.2) is 0 Å². The van der Waals surface area contributed by atoms with E-state index < -0.39 is 6.00 Å². The van der Waals surface area contributed by atoms with Crippen molar-refractivity contribution < 1.29 is 9.53 Å². The molecule has 15 heavy (non-hydrogen) atoms. The Morgan fingerprint density at radius 3 is 2.47 bits per heavy atom. The summed E-state index contributed by atoms with van der Waals surface area (Å²) in [6.45, 7) is 2.21. The van der Waals surface area contributed by atoms with Crippen LogP contribution in [0.4, 0.5) is 0 Å². The molecule has 2 nitrogen and oxygen atoms in total. The monoisotopic (exact) mass is 288 g/mol. The maximum atomic E-state index is 10.9. The van der Waals surface area contributed by atoms with Crippen molar-refractivity contribution in [3.05, 3.63) is 12.2 Å². The third-order valence-electron chi connectivity index (χ3n) is 1.65. The van der Waals surface area contributed by atoms with Crippen molar-refractivity contribution in [1.29, 1.82) is 0 Å². The van der Waals surface area contributed by atoms with Gasteiger partial charge in [-0.1, -0.05) is 18.9 Å². The van der Waals surface area contributed by atoms with Gasteiger partial charge in [0.2, 0.25) is 0 Å². The minimum atomic E-state index is -2.45. The van der Waals surface area contributed by atoms with Crippen molar-refractivity contribution in [3.8, 4) is 0 Å². The first-order chi connectivity index (χ1) is 6.95. The summed E-state index contributed by atoms with van der Waals surface area (Å²) in [5.74, 6) is -0.298. The summed E-state index contributed by atoms with van der Waals surface area (Å²) in [5.41, 5.74) is 0. The van der Waals surface area contributed by atoms with Gasteiger partial charge in [0.25, 0.3) is 0 Å². The fraction of sp³-hybridized carbons (Fsp3) is 0.667. The van der Waals surface area contributed by atoms with E-state index >= 15 is 0 Å². The normalized spacial score (nSPS) is 12.0. The second kappa shape index (κ2) is 8.45. The first-order valence-corrected chi connectivity index (χ1v) is 10.1. The van der Waals surface area contributed by atoms with E-state index in [1.807, 2.05) is 0 Å². The Kier molecular flexibility index (Phi) is 8.62. The highest BCUT2D eigenvalue weighted by Gasteiger charge is 2.23. The van der Waals surface area contributed by atoms with Crippen molar-refractivity contribution in [3.63, 3.8) is 0 Å². The highest BCUT2D eigenvalue weighted by molar-refractivity contribution is 7.64. The maximum Gasteiger partial charge on any atom is 0.341 e. The smallest absolute Gasteiger partial charge is 0.341 e. The number of unbranched alkanes of at least 4 members (excludes halogenated alkanes) is 2. The molecule has 0 bridgehead atoms. The van der Waals surface area contributed by atoms with E-state index in [-0.39, 0.29) is 5.97 Å². The molecule has 0 spiro atoms. The van der Waals surface area contributed by atoms with Gasteiger partial charge in [0.1, 0.15) is 0 Å². The fourth-order valence-electron chi connectivity index (χ4n) is 0.961. The van der Waals surface area contributed by atoms with Crippen molar-refractivity contribution in [1.82, 2.24) is 0 Å². The van der Waals surface area contributed by atoms with Gasteiger partial charge >= 0.3 is 12.0 Å². The van der Waals surface area contributed by atoms with E-state index in [2.05, 4.69) is 0 Å². The number of esters is 1. The lowest BCUT2D eigenvalue weighted by atomic mass is 10.3. The average molecular weight is 290 g/mol. The summed E-state index contributed by atoms with van der Waals surface area (Å²) >= 11 is 17.1.